The van der Waals surface area contributed by atoms with E-state index >= 15 is 0 Å². The second-order valence-corrected chi connectivity index (χ2v) is 8.06. The molecule has 1 amide bonds. The number of likely N-dealkylation sites (tertiary alicyclic amines) is 1. The number of nitrogens with zero attached hydrogens (tertiary/aromatic N) is 1. The molecule has 1 atom stereocenters. The summed E-state index contributed by atoms with van der Waals surface area (Å²) in [4.78, 5) is 18.2. The third kappa shape index (κ3) is 2.81. The summed E-state index contributed by atoms with van der Waals surface area (Å²) in [6.45, 7) is 1.29. The van der Waals surface area contributed by atoms with Crippen LogP contribution < -0.4 is 9.47 Å². The molecule has 2 aliphatic heterocycles. The first-order valence-corrected chi connectivity index (χ1v) is 9.87. The van der Waals surface area contributed by atoms with Gasteiger partial charge in [0, 0.05) is 23.4 Å². The number of benzene rings is 2. The number of carbonyl (C=O) groups is 1. The molecule has 3 aromatic rings. The van der Waals surface area contributed by atoms with Crippen molar-refractivity contribution in [2.75, 3.05) is 20.2 Å². The fourth-order valence-electron chi connectivity index (χ4n) is 4.39. The maximum Gasteiger partial charge on any atom is 0.270 e. The van der Waals surface area contributed by atoms with Crippen LogP contribution in [-0.2, 0) is 6.42 Å². The van der Waals surface area contributed by atoms with Crippen LogP contribution >= 0.6 is 11.6 Å². The lowest BCUT2D eigenvalue weighted by atomic mass is 9.90. The van der Waals surface area contributed by atoms with Crippen molar-refractivity contribution in [3.05, 3.63) is 58.7 Å². The fourth-order valence-corrected chi connectivity index (χ4v) is 4.60. The van der Waals surface area contributed by atoms with Gasteiger partial charge in [0.2, 0.25) is 0 Å². The minimum atomic E-state index is -0.281. The maximum absolute atomic E-state index is 13.1. The van der Waals surface area contributed by atoms with Gasteiger partial charge in [-0.3, -0.25) is 4.79 Å². The highest BCUT2D eigenvalue weighted by atomic mass is 35.5. The van der Waals surface area contributed by atoms with Crippen molar-refractivity contribution in [2.45, 2.75) is 24.9 Å². The van der Waals surface area contributed by atoms with Crippen LogP contribution in [0.25, 0.3) is 10.9 Å². The lowest BCUT2D eigenvalue weighted by Crippen LogP contribution is -2.43. The molecule has 3 heterocycles. The normalized spacial score (nSPS) is 21.0. The van der Waals surface area contributed by atoms with Gasteiger partial charge in [-0.25, -0.2) is 0 Å². The second-order valence-electron chi connectivity index (χ2n) is 7.62. The summed E-state index contributed by atoms with van der Waals surface area (Å²) in [6.07, 6.45) is 2.77. The molecule has 2 aromatic carbocycles. The first-order chi connectivity index (χ1) is 13.6. The van der Waals surface area contributed by atoms with Crippen molar-refractivity contribution >= 4 is 28.4 Å². The Hall–Kier alpha value is -2.66. The van der Waals surface area contributed by atoms with Crippen LogP contribution in [0, 0.1) is 0 Å². The lowest BCUT2D eigenvalue weighted by molar-refractivity contribution is 0.0483. The molecule has 5 nitrogen and oxygen atoms in total. The number of hydrogen-bond donors (Lipinski definition) is 1. The number of ether oxygens (including phenoxy) is 2. The molecule has 1 aromatic heterocycles. The number of amides is 1. The number of hydrogen-bond acceptors (Lipinski definition) is 3. The zero-order valence-electron chi connectivity index (χ0n) is 15.6. The Kier molecular flexibility index (Phi) is 4.02. The monoisotopic (exact) mass is 396 g/mol. The van der Waals surface area contributed by atoms with Crippen LogP contribution in [0.3, 0.4) is 0 Å². The van der Waals surface area contributed by atoms with Crippen LogP contribution in [0.15, 0.2) is 42.5 Å². The van der Waals surface area contributed by atoms with Crippen molar-refractivity contribution in [2.24, 2.45) is 0 Å². The summed E-state index contributed by atoms with van der Waals surface area (Å²) < 4.78 is 11.8. The first-order valence-electron chi connectivity index (χ1n) is 9.49. The summed E-state index contributed by atoms with van der Waals surface area (Å²) in [5, 5.41) is 1.42. The van der Waals surface area contributed by atoms with Crippen LogP contribution in [0.4, 0.5) is 0 Å². The third-order valence-corrected chi connectivity index (χ3v) is 6.09. The van der Waals surface area contributed by atoms with Crippen molar-refractivity contribution in [1.82, 2.24) is 9.88 Å². The van der Waals surface area contributed by atoms with E-state index in [9.17, 15) is 4.79 Å². The van der Waals surface area contributed by atoms with Gasteiger partial charge in [-0.1, -0.05) is 29.8 Å². The molecule has 1 spiro atoms. The molecular formula is C22H21ClN2O3. The minimum absolute atomic E-state index is 0.0197. The van der Waals surface area contributed by atoms with Gasteiger partial charge in [0.15, 0.2) is 0 Å². The predicted octanol–water partition coefficient (Wildman–Crippen LogP) is 4.44. The Labute approximate surface area is 168 Å². The Bertz CT molecular complexity index is 1080. The third-order valence-electron chi connectivity index (χ3n) is 5.87. The number of fused-ring (bicyclic) bond motifs is 2. The molecule has 2 aliphatic rings. The molecule has 1 unspecified atom stereocenters. The number of aromatic amines is 1. The number of carbonyl (C=O) groups excluding carboxylic acids is 1. The van der Waals surface area contributed by atoms with E-state index in [1.165, 1.54) is 5.56 Å². The van der Waals surface area contributed by atoms with E-state index in [0.29, 0.717) is 29.6 Å². The van der Waals surface area contributed by atoms with Gasteiger partial charge in [-0.2, -0.15) is 0 Å². The first kappa shape index (κ1) is 17.4. The van der Waals surface area contributed by atoms with E-state index in [1.807, 2.05) is 35.2 Å². The number of nitrogens with one attached hydrogen (secondary N) is 1. The molecule has 1 N–H and O–H groups in total. The largest absolute Gasteiger partial charge is 0.496 e. The number of halogens is 1. The van der Waals surface area contributed by atoms with E-state index in [0.717, 1.165) is 35.9 Å². The molecular weight excluding hydrogens is 376 g/mol. The van der Waals surface area contributed by atoms with E-state index in [-0.39, 0.29) is 11.5 Å². The quantitative estimate of drug-likeness (QED) is 0.696. The van der Waals surface area contributed by atoms with Gasteiger partial charge < -0.3 is 19.4 Å². The van der Waals surface area contributed by atoms with Crippen molar-refractivity contribution < 1.29 is 14.3 Å². The number of para-hydroxylation sites is 1. The van der Waals surface area contributed by atoms with Gasteiger partial charge in [-0.15, -0.1) is 0 Å². The van der Waals surface area contributed by atoms with E-state index in [4.69, 9.17) is 21.1 Å². The molecule has 1 saturated heterocycles. The van der Waals surface area contributed by atoms with Crippen molar-refractivity contribution in [3.8, 4) is 11.5 Å². The summed E-state index contributed by atoms with van der Waals surface area (Å²) in [5.41, 5.74) is 2.31. The molecule has 1 fully saturated rings. The van der Waals surface area contributed by atoms with Crippen LogP contribution in [0.5, 0.6) is 11.5 Å². The number of aromatic nitrogens is 1. The van der Waals surface area contributed by atoms with Gasteiger partial charge in [0.25, 0.3) is 5.91 Å². The van der Waals surface area contributed by atoms with Crippen LogP contribution in [-0.4, -0.2) is 41.6 Å². The molecule has 0 aliphatic carbocycles. The standard InChI is InChI=1S/C22H21ClN2O3/c1-27-20-11-15(23)10-17-16(20)12-18(24-17)21(26)25-9-8-22(13-25)7-6-14-4-2-3-5-19(14)28-22/h2-5,10-12,24H,6-9,13H2,1H3. The van der Waals surface area contributed by atoms with Gasteiger partial charge >= 0.3 is 0 Å². The Morgan fingerprint density at radius 2 is 2.11 bits per heavy atom. The van der Waals surface area contributed by atoms with E-state index in [2.05, 4.69) is 11.1 Å². The van der Waals surface area contributed by atoms with Crippen LogP contribution in [0.1, 0.15) is 28.9 Å². The summed E-state index contributed by atoms with van der Waals surface area (Å²) >= 11 is 6.15. The van der Waals surface area contributed by atoms with E-state index in [1.54, 1.807) is 13.2 Å². The van der Waals surface area contributed by atoms with Crippen molar-refractivity contribution in [3.63, 3.8) is 0 Å². The second kappa shape index (κ2) is 6.45. The number of aryl methyl sites for hydroxylation is 1. The highest BCUT2D eigenvalue weighted by Gasteiger charge is 2.44. The number of rotatable bonds is 2. The van der Waals surface area contributed by atoms with Gasteiger partial charge in [-0.05, 0) is 42.7 Å². The van der Waals surface area contributed by atoms with Gasteiger partial charge in [0.1, 0.15) is 22.8 Å². The molecule has 0 bridgehead atoms. The summed E-state index contributed by atoms with van der Waals surface area (Å²) in [5.74, 6) is 1.59. The Balaban J connectivity index is 1.39. The molecule has 28 heavy (non-hydrogen) atoms. The maximum atomic E-state index is 13.1. The highest BCUT2D eigenvalue weighted by Crippen LogP contribution is 2.39. The zero-order valence-corrected chi connectivity index (χ0v) is 16.4. The average Bonchev–Trinajstić information content (AvgIpc) is 3.31. The Morgan fingerprint density at radius 1 is 1.25 bits per heavy atom. The topological polar surface area (TPSA) is 54.6 Å². The SMILES string of the molecule is COc1cc(Cl)cc2[nH]c(C(=O)N3CCC4(CCc5ccccc5O4)C3)cc12. The fraction of sp³-hybridized carbons (Fsp3) is 0.318. The highest BCUT2D eigenvalue weighted by molar-refractivity contribution is 6.31. The van der Waals surface area contributed by atoms with Crippen molar-refractivity contribution in [1.29, 1.82) is 0 Å². The molecule has 144 valence electrons. The average molecular weight is 397 g/mol. The summed E-state index contributed by atoms with van der Waals surface area (Å²) in [7, 11) is 1.60. The minimum Gasteiger partial charge on any atom is -0.496 e. The summed E-state index contributed by atoms with van der Waals surface area (Å²) in [6, 6.07) is 13.6. The van der Waals surface area contributed by atoms with E-state index < -0.39 is 0 Å². The smallest absolute Gasteiger partial charge is 0.270 e. The Morgan fingerprint density at radius 3 is 2.96 bits per heavy atom. The zero-order chi connectivity index (χ0) is 19.3. The number of H-pyrrole nitrogens is 1. The molecule has 5 rings (SSSR count). The molecule has 6 heteroatoms. The predicted molar refractivity (Wildman–Crippen MR) is 109 cm³/mol. The van der Waals surface area contributed by atoms with Crippen LogP contribution in [0.2, 0.25) is 5.02 Å². The molecule has 0 saturated carbocycles. The number of methoxy groups -OCH3 is 1. The van der Waals surface area contributed by atoms with Gasteiger partial charge in [0.05, 0.1) is 19.2 Å². The lowest BCUT2D eigenvalue weighted by Gasteiger charge is -2.35. The molecule has 0 radical (unpaired) electrons.